The summed E-state index contributed by atoms with van der Waals surface area (Å²) >= 11 is 1.74. The zero-order chi connectivity index (χ0) is 16.6. The third-order valence-corrected chi connectivity index (χ3v) is 5.30. The van der Waals surface area contributed by atoms with Crippen molar-refractivity contribution in [2.75, 3.05) is 44.2 Å². The second-order valence-corrected chi connectivity index (χ2v) is 7.24. The van der Waals surface area contributed by atoms with Gasteiger partial charge in [-0.25, -0.2) is 4.98 Å². The predicted octanol–water partition coefficient (Wildman–Crippen LogP) is 3.82. The highest BCUT2D eigenvalue weighted by Gasteiger charge is 2.17. The summed E-state index contributed by atoms with van der Waals surface area (Å²) in [5, 5.41) is 3.23. The van der Waals surface area contributed by atoms with Crippen LogP contribution in [0.4, 0.5) is 5.13 Å². The third kappa shape index (κ3) is 5.21. The second-order valence-electron chi connectivity index (χ2n) is 6.37. The second kappa shape index (κ2) is 9.04. The lowest BCUT2D eigenvalue weighted by Gasteiger charge is -2.34. The number of aromatic nitrogens is 1. The van der Waals surface area contributed by atoms with E-state index in [-0.39, 0.29) is 0 Å². The van der Waals surface area contributed by atoms with Crippen LogP contribution in [-0.2, 0) is 0 Å². The lowest BCUT2D eigenvalue weighted by Crippen LogP contribution is -2.46. The molecule has 3 rings (SSSR count). The van der Waals surface area contributed by atoms with Crippen molar-refractivity contribution in [2.45, 2.75) is 26.2 Å². The quantitative estimate of drug-likeness (QED) is 0.680. The van der Waals surface area contributed by atoms with E-state index >= 15 is 0 Å². The maximum Gasteiger partial charge on any atom is 0.185 e. The molecule has 1 saturated heterocycles. The summed E-state index contributed by atoms with van der Waals surface area (Å²) in [7, 11) is 0. The fourth-order valence-electron chi connectivity index (χ4n) is 2.97. The standard InChI is InChI=1S/C19H27N3OS/c1-17-5-7-18(8-6-17)23-15-4-2-3-10-21-11-13-22(14-12-21)19-20-9-16-24-19/h5-9,16H,2-4,10-15H2,1H3. The number of unbranched alkanes of at least 4 members (excludes halogenated alkanes) is 2. The lowest BCUT2D eigenvalue weighted by molar-refractivity contribution is 0.246. The SMILES string of the molecule is Cc1ccc(OCCCCCN2CCN(c3nccs3)CC2)cc1. The zero-order valence-corrected chi connectivity index (χ0v) is 15.3. The number of piperazine rings is 1. The topological polar surface area (TPSA) is 28.6 Å². The molecule has 2 heterocycles. The first kappa shape index (κ1) is 17.2. The monoisotopic (exact) mass is 345 g/mol. The van der Waals surface area contributed by atoms with E-state index in [1.165, 1.54) is 30.1 Å². The Labute approximate surface area is 149 Å². The van der Waals surface area contributed by atoms with Gasteiger partial charge in [-0.05, 0) is 44.9 Å². The number of aryl methyl sites for hydroxylation is 1. The smallest absolute Gasteiger partial charge is 0.185 e. The maximum atomic E-state index is 5.78. The first-order chi connectivity index (χ1) is 11.8. The van der Waals surface area contributed by atoms with Crippen molar-refractivity contribution in [1.82, 2.24) is 9.88 Å². The van der Waals surface area contributed by atoms with E-state index in [0.717, 1.165) is 45.0 Å². The summed E-state index contributed by atoms with van der Waals surface area (Å²) in [4.78, 5) is 9.38. The number of hydrogen-bond acceptors (Lipinski definition) is 5. The van der Waals surface area contributed by atoms with Gasteiger partial charge in [0.1, 0.15) is 5.75 Å². The number of ether oxygens (including phenoxy) is 1. The van der Waals surface area contributed by atoms with Gasteiger partial charge in [-0.1, -0.05) is 17.7 Å². The van der Waals surface area contributed by atoms with Crippen LogP contribution in [0.25, 0.3) is 0 Å². The highest BCUT2D eigenvalue weighted by Crippen LogP contribution is 2.19. The van der Waals surface area contributed by atoms with Gasteiger partial charge in [-0.2, -0.15) is 0 Å². The molecular formula is C19H27N3OS. The van der Waals surface area contributed by atoms with Gasteiger partial charge in [0.05, 0.1) is 6.61 Å². The van der Waals surface area contributed by atoms with Gasteiger partial charge in [0.2, 0.25) is 0 Å². The summed E-state index contributed by atoms with van der Waals surface area (Å²) in [5.41, 5.74) is 1.28. The summed E-state index contributed by atoms with van der Waals surface area (Å²) in [6, 6.07) is 8.30. The molecule has 0 N–H and O–H groups in total. The molecule has 1 aromatic heterocycles. The molecule has 1 aliphatic heterocycles. The largest absolute Gasteiger partial charge is 0.494 e. The highest BCUT2D eigenvalue weighted by molar-refractivity contribution is 7.13. The van der Waals surface area contributed by atoms with Gasteiger partial charge < -0.3 is 9.64 Å². The average Bonchev–Trinajstić information content (AvgIpc) is 3.15. The van der Waals surface area contributed by atoms with Crippen LogP contribution in [0.1, 0.15) is 24.8 Å². The lowest BCUT2D eigenvalue weighted by atomic mass is 10.2. The number of rotatable bonds is 8. The highest BCUT2D eigenvalue weighted by atomic mass is 32.1. The van der Waals surface area contributed by atoms with E-state index in [2.05, 4.69) is 51.4 Å². The van der Waals surface area contributed by atoms with E-state index in [1.54, 1.807) is 11.3 Å². The number of anilines is 1. The molecule has 0 amide bonds. The van der Waals surface area contributed by atoms with Crippen LogP contribution in [-0.4, -0.2) is 49.2 Å². The van der Waals surface area contributed by atoms with Gasteiger partial charge >= 0.3 is 0 Å². The van der Waals surface area contributed by atoms with E-state index in [9.17, 15) is 0 Å². The van der Waals surface area contributed by atoms with E-state index in [4.69, 9.17) is 4.74 Å². The van der Waals surface area contributed by atoms with Crippen molar-refractivity contribution in [3.63, 3.8) is 0 Å². The van der Waals surface area contributed by atoms with Crippen LogP contribution < -0.4 is 9.64 Å². The summed E-state index contributed by atoms with van der Waals surface area (Å²) in [5.74, 6) is 0.985. The number of nitrogens with zero attached hydrogens (tertiary/aromatic N) is 3. The molecule has 0 spiro atoms. The van der Waals surface area contributed by atoms with Crippen LogP contribution in [0.2, 0.25) is 0 Å². The van der Waals surface area contributed by atoms with Crippen LogP contribution in [0, 0.1) is 6.92 Å². The Hall–Kier alpha value is -1.59. The molecule has 1 fully saturated rings. The Morgan fingerprint density at radius 1 is 1.04 bits per heavy atom. The molecule has 1 aromatic carbocycles. The molecule has 0 saturated carbocycles. The Morgan fingerprint density at radius 3 is 2.54 bits per heavy atom. The minimum Gasteiger partial charge on any atom is -0.494 e. The minimum absolute atomic E-state index is 0.820. The van der Waals surface area contributed by atoms with E-state index in [1.807, 2.05) is 6.20 Å². The molecule has 2 aromatic rings. The fraction of sp³-hybridized carbons (Fsp3) is 0.526. The van der Waals surface area contributed by atoms with E-state index < -0.39 is 0 Å². The molecule has 4 nitrogen and oxygen atoms in total. The van der Waals surface area contributed by atoms with Crippen LogP contribution in [0.5, 0.6) is 5.75 Å². The number of hydrogen-bond donors (Lipinski definition) is 0. The van der Waals surface area contributed by atoms with Gasteiger partial charge in [0, 0.05) is 37.8 Å². The van der Waals surface area contributed by atoms with Gasteiger partial charge in [0.15, 0.2) is 5.13 Å². The molecule has 24 heavy (non-hydrogen) atoms. The Balaban J connectivity index is 1.23. The molecule has 0 radical (unpaired) electrons. The van der Waals surface area contributed by atoms with Crippen molar-refractivity contribution in [1.29, 1.82) is 0 Å². The van der Waals surface area contributed by atoms with Crippen molar-refractivity contribution in [3.8, 4) is 5.75 Å². The van der Waals surface area contributed by atoms with Crippen molar-refractivity contribution < 1.29 is 4.74 Å². The third-order valence-electron chi connectivity index (χ3n) is 4.47. The van der Waals surface area contributed by atoms with Crippen molar-refractivity contribution >= 4 is 16.5 Å². The zero-order valence-electron chi connectivity index (χ0n) is 14.5. The molecular weight excluding hydrogens is 318 g/mol. The number of thiazole rings is 1. The Kier molecular flexibility index (Phi) is 6.49. The maximum absolute atomic E-state index is 5.78. The first-order valence-electron chi connectivity index (χ1n) is 8.87. The van der Waals surface area contributed by atoms with Gasteiger partial charge in [-0.3, -0.25) is 4.90 Å². The number of benzene rings is 1. The predicted molar refractivity (Wildman–Crippen MR) is 101 cm³/mol. The van der Waals surface area contributed by atoms with Gasteiger partial charge in [0.25, 0.3) is 0 Å². The van der Waals surface area contributed by atoms with Crippen LogP contribution >= 0.6 is 11.3 Å². The molecule has 1 aliphatic rings. The average molecular weight is 346 g/mol. The summed E-state index contributed by atoms with van der Waals surface area (Å²) in [6.45, 7) is 8.63. The fourth-order valence-corrected chi connectivity index (χ4v) is 3.67. The first-order valence-corrected chi connectivity index (χ1v) is 9.75. The molecule has 0 atom stereocenters. The molecule has 5 heteroatoms. The molecule has 130 valence electrons. The van der Waals surface area contributed by atoms with E-state index in [0.29, 0.717) is 0 Å². The summed E-state index contributed by atoms with van der Waals surface area (Å²) < 4.78 is 5.78. The van der Waals surface area contributed by atoms with Crippen molar-refractivity contribution in [2.24, 2.45) is 0 Å². The van der Waals surface area contributed by atoms with Crippen LogP contribution in [0.15, 0.2) is 35.8 Å². The minimum atomic E-state index is 0.820. The molecule has 0 unspecified atom stereocenters. The molecule has 0 aliphatic carbocycles. The van der Waals surface area contributed by atoms with Gasteiger partial charge in [-0.15, -0.1) is 11.3 Å². The molecule has 0 bridgehead atoms. The summed E-state index contributed by atoms with van der Waals surface area (Å²) in [6.07, 6.45) is 5.52. The Morgan fingerprint density at radius 2 is 1.83 bits per heavy atom. The Bertz CT molecular complexity index is 577. The normalized spacial score (nSPS) is 15.6. The van der Waals surface area contributed by atoms with Crippen LogP contribution in [0.3, 0.4) is 0 Å². The van der Waals surface area contributed by atoms with Crippen molar-refractivity contribution in [3.05, 3.63) is 41.4 Å².